The van der Waals surface area contributed by atoms with Gasteiger partial charge in [-0.05, 0) is 25.4 Å². The first kappa shape index (κ1) is 15.7. The maximum Gasteiger partial charge on any atom is 0.258 e. The lowest BCUT2D eigenvalue weighted by Crippen LogP contribution is -2.31. The number of carbonyl (C=O) groups is 1. The second kappa shape index (κ2) is 6.20. The van der Waals surface area contributed by atoms with Crippen molar-refractivity contribution in [2.24, 2.45) is 0 Å². The van der Waals surface area contributed by atoms with E-state index in [9.17, 15) is 13.2 Å². The molecule has 1 aromatic heterocycles. The van der Waals surface area contributed by atoms with E-state index >= 15 is 0 Å². The van der Waals surface area contributed by atoms with E-state index in [0.29, 0.717) is 5.00 Å². The number of sulfone groups is 1. The predicted molar refractivity (Wildman–Crippen MR) is 77.3 cm³/mol. The lowest BCUT2D eigenvalue weighted by molar-refractivity contribution is 0.0945. The Hall–Kier alpha value is -1.35. The van der Waals surface area contributed by atoms with Gasteiger partial charge in [0.2, 0.25) is 0 Å². The fraction of sp³-hybridized carbons (Fsp3) is 0.600. The number of nitrogen functional groups attached to an aromatic ring is 1. The number of hydrogen-bond acceptors (Lipinski definition) is 7. The van der Waals surface area contributed by atoms with E-state index in [1.54, 1.807) is 0 Å². The summed E-state index contributed by atoms with van der Waals surface area (Å²) in [4.78, 5) is 11.9. The van der Waals surface area contributed by atoms with Crippen LogP contribution in [0.15, 0.2) is 0 Å². The normalized spacial score (nSPS) is 11.6. The summed E-state index contributed by atoms with van der Waals surface area (Å²) < 4.78 is 26.0. The zero-order chi connectivity index (χ0) is 14.6. The van der Waals surface area contributed by atoms with Gasteiger partial charge in [0.25, 0.3) is 5.91 Å². The largest absolute Gasteiger partial charge is 0.382 e. The van der Waals surface area contributed by atoms with Gasteiger partial charge in [-0.25, -0.2) is 8.42 Å². The maximum absolute atomic E-state index is 11.9. The van der Waals surface area contributed by atoms with Crippen molar-refractivity contribution in [1.29, 1.82) is 0 Å². The number of nitrogens with zero attached hydrogens (tertiary/aromatic N) is 1. The molecule has 0 spiro atoms. The molecule has 0 atom stereocenters. The third kappa shape index (κ3) is 5.03. The summed E-state index contributed by atoms with van der Waals surface area (Å²) in [6.07, 6.45) is 1.15. The van der Waals surface area contributed by atoms with E-state index < -0.39 is 9.84 Å². The summed E-state index contributed by atoms with van der Waals surface area (Å²) in [5, 5.41) is 6.09. The fourth-order valence-corrected chi connectivity index (χ4v) is 2.54. The van der Waals surface area contributed by atoms with Crippen LogP contribution < -0.4 is 16.4 Å². The van der Waals surface area contributed by atoms with Crippen LogP contribution in [0.25, 0.3) is 0 Å². The van der Waals surface area contributed by atoms with Gasteiger partial charge in [-0.1, -0.05) is 0 Å². The minimum absolute atomic E-state index is 0.0178. The summed E-state index contributed by atoms with van der Waals surface area (Å²) in [5.74, 6) is -0.191. The van der Waals surface area contributed by atoms with Crippen LogP contribution in [0.4, 0.5) is 10.8 Å². The topological polar surface area (TPSA) is 114 Å². The Balaban J connectivity index is 2.77. The minimum Gasteiger partial charge on any atom is -0.382 e. The third-order valence-electron chi connectivity index (χ3n) is 2.12. The maximum atomic E-state index is 11.9. The monoisotopic (exact) mass is 306 g/mol. The molecule has 0 aliphatic rings. The molecule has 1 amide bonds. The third-order valence-corrected chi connectivity index (χ3v) is 3.89. The van der Waals surface area contributed by atoms with Crippen molar-refractivity contribution < 1.29 is 13.2 Å². The Kier molecular flexibility index (Phi) is 5.12. The lowest BCUT2D eigenvalue weighted by Gasteiger charge is -2.10. The lowest BCUT2D eigenvalue weighted by atomic mass is 10.2. The quantitative estimate of drug-likeness (QED) is 0.697. The molecule has 4 N–H and O–H groups in total. The van der Waals surface area contributed by atoms with Crippen LogP contribution in [-0.2, 0) is 9.84 Å². The Morgan fingerprint density at radius 1 is 1.47 bits per heavy atom. The van der Waals surface area contributed by atoms with Crippen LogP contribution >= 0.6 is 11.5 Å². The van der Waals surface area contributed by atoms with Gasteiger partial charge in [-0.3, -0.25) is 4.79 Å². The molecule has 7 nitrogen and oxygen atoms in total. The number of hydrogen-bond donors (Lipinski definition) is 3. The molecule has 0 unspecified atom stereocenters. The molecule has 0 radical (unpaired) electrons. The summed E-state index contributed by atoms with van der Waals surface area (Å²) in [6.45, 7) is 3.89. The van der Waals surface area contributed by atoms with Crippen molar-refractivity contribution in [2.75, 3.05) is 29.6 Å². The van der Waals surface area contributed by atoms with Gasteiger partial charge >= 0.3 is 0 Å². The molecule has 0 aliphatic heterocycles. The van der Waals surface area contributed by atoms with E-state index in [2.05, 4.69) is 15.0 Å². The van der Waals surface area contributed by atoms with Crippen molar-refractivity contribution in [1.82, 2.24) is 9.69 Å². The van der Waals surface area contributed by atoms with Crippen LogP contribution in [0.3, 0.4) is 0 Å². The summed E-state index contributed by atoms with van der Waals surface area (Å²) in [5.41, 5.74) is 5.93. The molecule has 0 fully saturated rings. The molecule has 0 saturated carbocycles. The van der Waals surface area contributed by atoms with Crippen LogP contribution in [0.1, 0.15) is 24.2 Å². The average molecular weight is 306 g/mol. The molecule has 0 bridgehead atoms. The van der Waals surface area contributed by atoms with E-state index in [-0.39, 0.29) is 35.6 Å². The van der Waals surface area contributed by atoms with Crippen LogP contribution in [0.2, 0.25) is 0 Å². The molecule has 0 saturated heterocycles. The molecule has 19 heavy (non-hydrogen) atoms. The first-order valence-electron chi connectivity index (χ1n) is 5.68. The van der Waals surface area contributed by atoms with Gasteiger partial charge in [0, 0.05) is 18.8 Å². The SMILES string of the molecule is CC(C)NC(=O)c1c(N)nsc1NCCS(C)(=O)=O. The average Bonchev–Trinajstić information content (AvgIpc) is 2.57. The van der Waals surface area contributed by atoms with E-state index in [1.165, 1.54) is 0 Å². The van der Waals surface area contributed by atoms with Gasteiger partial charge in [-0.2, -0.15) is 4.37 Å². The Morgan fingerprint density at radius 3 is 2.63 bits per heavy atom. The van der Waals surface area contributed by atoms with Crippen molar-refractivity contribution in [3.05, 3.63) is 5.56 Å². The minimum atomic E-state index is -3.05. The first-order valence-corrected chi connectivity index (χ1v) is 8.51. The van der Waals surface area contributed by atoms with Crippen molar-refractivity contribution in [3.8, 4) is 0 Å². The smallest absolute Gasteiger partial charge is 0.258 e. The Bertz CT molecular complexity index is 551. The molecule has 1 aromatic rings. The molecular weight excluding hydrogens is 288 g/mol. The van der Waals surface area contributed by atoms with Gasteiger partial charge < -0.3 is 16.4 Å². The molecule has 0 aliphatic carbocycles. The highest BCUT2D eigenvalue weighted by molar-refractivity contribution is 7.90. The summed E-state index contributed by atoms with van der Waals surface area (Å²) >= 11 is 1.04. The number of aromatic nitrogens is 1. The molecule has 108 valence electrons. The van der Waals surface area contributed by atoms with Crippen LogP contribution in [-0.4, -0.2) is 43.3 Å². The molecular formula is C10H18N4O3S2. The highest BCUT2D eigenvalue weighted by Gasteiger charge is 2.19. The number of amides is 1. The van der Waals surface area contributed by atoms with Gasteiger partial charge in [0.1, 0.15) is 20.4 Å². The number of nitrogens with two attached hydrogens (primary N) is 1. The van der Waals surface area contributed by atoms with Gasteiger partial charge in [0.05, 0.1) is 5.75 Å². The summed E-state index contributed by atoms with van der Waals surface area (Å²) in [7, 11) is -3.05. The highest BCUT2D eigenvalue weighted by atomic mass is 32.2. The first-order chi connectivity index (χ1) is 8.70. The van der Waals surface area contributed by atoms with E-state index in [0.717, 1.165) is 17.8 Å². The fourth-order valence-electron chi connectivity index (χ4n) is 1.33. The van der Waals surface area contributed by atoms with E-state index in [4.69, 9.17) is 5.73 Å². The van der Waals surface area contributed by atoms with Crippen molar-refractivity contribution in [3.63, 3.8) is 0 Å². The number of rotatable bonds is 6. The zero-order valence-corrected chi connectivity index (χ0v) is 12.7. The molecule has 0 aromatic carbocycles. The summed E-state index contributed by atoms with van der Waals surface area (Å²) in [6, 6.07) is -0.0179. The Labute approximate surface area is 116 Å². The van der Waals surface area contributed by atoms with Crippen molar-refractivity contribution in [2.45, 2.75) is 19.9 Å². The zero-order valence-electron chi connectivity index (χ0n) is 11.1. The predicted octanol–water partition coefficient (Wildman–Crippen LogP) is 0.320. The second-order valence-corrected chi connectivity index (χ2v) is 7.49. The second-order valence-electron chi connectivity index (χ2n) is 4.46. The number of carbonyl (C=O) groups excluding carboxylic acids is 1. The number of anilines is 2. The van der Waals surface area contributed by atoms with Gasteiger partial charge in [0.15, 0.2) is 5.82 Å². The number of nitrogens with one attached hydrogen (secondary N) is 2. The van der Waals surface area contributed by atoms with Gasteiger partial charge in [-0.15, -0.1) is 0 Å². The Morgan fingerprint density at radius 2 is 2.11 bits per heavy atom. The van der Waals surface area contributed by atoms with Crippen molar-refractivity contribution >= 4 is 38.1 Å². The highest BCUT2D eigenvalue weighted by Crippen LogP contribution is 2.26. The molecule has 1 rings (SSSR count). The van der Waals surface area contributed by atoms with E-state index in [1.807, 2.05) is 13.8 Å². The molecule has 1 heterocycles. The van der Waals surface area contributed by atoms with Crippen LogP contribution in [0, 0.1) is 0 Å². The van der Waals surface area contributed by atoms with Crippen LogP contribution in [0.5, 0.6) is 0 Å². The molecule has 9 heteroatoms. The standard InChI is InChI=1S/C10H18N4O3S2/c1-6(2)13-9(15)7-8(11)14-18-10(7)12-4-5-19(3,16)17/h6,12H,4-5H2,1-3H3,(H2,11,14)(H,13,15).